The van der Waals surface area contributed by atoms with Gasteiger partial charge in [-0.25, -0.2) is 3.96 Å². The molecule has 1 aromatic heterocycles. The lowest BCUT2D eigenvalue weighted by Gasteiger charge is -2.04. The average molecular weight is 285 g/mol. The van der Waals surface area contributed by atoms with Crippen LogP contribution in [-0.4, -0.2) is 15.7 Å². The van der Waals surface area contributed by atoms with Gasteiger partial charge in [0.1, 0.15) is 0 Å². The zero-order valence-corrected chi connectivity index (χ0v) is 11.8. The smallest absolute Gasteiger partial charge is 0.273 e. The van der Waals surface area contributed by atoms with Gasteiger partial charge in [0.2, 0.25) is 0 Å². The lowest BCUT2D eigenvalue weighted by Crippen LogP contribution is -2.10. The van der Waals surface area contributed by atoms with E-state index in [1.807, 2.05) is 48.5 Å². The summed E-state index contributed by atoms with van der Waals surface area (Å²) in [6.45, 7) is 0.188. The van der Waals surface area contributed by atoms with Crippen molar-refractivity contribution in [3.63, 3.8) is 0 Å². The fraction of sp³-hybridized carbons (Fsp3) is 0.188. The van der Waals surface area contributed by atoms with Gasteiger partial charge in [0.15, 0.2) is 0 Å². The molecule has 0 saturated heterocycles. The van der Waals surface area contributed by atoms with Crippen LogP contribution in [0.3, 0.4) is 0 Å². The number of aromatic nitrogens is 1. The van der Waals surface area contributed by atoms with Gasteiger partial charge in [-0.05, 0) is 42.7 Å². The summed E-state index contributed by atoms with van der Waals surface area (Å²) in [6, 6.07) is 15.6. The molecule has 0 atom stereocenters. The molecule has 20 heavy (non-hydrogen) atoms. The van der Waals surface area contributed by atoms with Crippen LogP contribution in [0.15, 0.2) is 53.3 Å². The summed E-state index contributed by atoms with van der Waals surface area (Å²) in [6.07, 6.45) is 1.56. The molecule has 0 unspecified atom stereocenters. The summed E-state index contributed by atoms with van der Waals surface area (Å²) in [4.78, 5) is 12.4. The van der Waals surface area contributed by atoms with E-state index in [1.54, 1.807) is 3.96 Å². The second-order valence-corrected chi connectivity index (χ2v) is 5.67. The van der Waals surface area contributed by atoms with Gasteiger partial charge < -0.3 is 5.11 Å². The van der Waals surface area contributed by atoms with E-state index in [1.165, 1.54) is 11.5 Å². The van der Waals surface area contributed by atoms with Gasteiger partial charge >= 0.3 is 0 Å². The maximum atomic E-state index is 12.4. The highest BCUT2D eigenvalue weighted by Gasteiger charge is 2.08. The molecule has 2 aromatic carbocycles. The predicted molar refractivity (Wildman–Crippen MR) is 82.8 cm³/mol. The Morgan fingerprint density at radius 3 is 2.75 bits per heavy atom. The average Bonchev–Trinajstić information content (AvgIpc) is 2.83. The van der Waals surface area contributed by atoms with Crippen molar-refractivity contribution in [3.8, 4) is 5.69 Å². The fourth-order valence-corrected chi connectivity index (χ4v) is 3.25. The van der Waals surface area contributed by atoms with Crippen molar-refractivity contribution < 1.29 is 5.11 Å². The lowest BCUT2D eigenvalue weighted by atomic mass is 10.1. The SMILES string of the molecule is O=c1c2ccccc2sn1-c1cccc(CCCO)c1. The van der Waals surface area contributed by atoms with Crippen LogP contribution in [0, 0.1) is 0 Å². The molecule has 102 valence electrons. The topological polar surface area (TPSA) is 42.2 Å². The molecule has 0 aliphatic carbocycles. The van der Waals surface area contributed by atoms with E-state index < -0.39 is 0 Å². The first kappa shape index (κ1) is 13.1. The van der Waals surface area contributed by atoms with Crippen molar-refractivity contribution >= 4 is 21.6 Å². The van der Waals surface area contributed by atoms with Crippen LogP contribution >= 0.6 is 11.5 Å². The van der Waals surface area contributed by atoms with Crippen molar-refractivity contribution in [2.24, 2.45) is 0 Å². The van der Waals surface area contributed by atoms with E-state index in [2.05, 4.69) is 0 Å². The number of benzene rings is 2. The number of aliphatic hydroxyl groups excluding tert-OH is 1. The van der Waals surface area contributed by atoms with Crippen molar-refractivity contribution in [2.75, 3.05) is 6.61 Å². The van der Waals surface area contributed by atoms with E-state index in [4.69, 9.17) is 5.11 Å². The first-order valence-electron chi connectivity index (χ1n) is 6.61. The molecule has 0 amide bonds. The van der Waals surface area contributed by atoms with Crippen LogP contribution in [-0.2, 0) is 6.42 Å². The molecule has 0 saturated carbocycles. The van der Waals surface area contributed by atoms with Crippen molar-refractivity contribution in [1.29, 1.82) is 0 Å². The van der Waals surface area contributed by atoms with Gasteiger partial charge in [-0.2, -0.15) is 0 Å². The predicted octanol–water partition coefficient (Wildman–Crippen LogP) is 2.98. The number of fused-ring (bicyclic) bond motifs is 1. The minimum Gasteiger partial charge on any atom is -0.396 e. The van der Waals surface area contributed by atoms with E-state index in [0.29, 0.717) is 0 Å². The van der Waals surface area contributed by atoms with E-state index in [-0.39, 0.29) is 12.2 Å². The molecule has 0 aliphatic heterocycles. The molecular formula is C16H15NO2S. The second kappa shape index (κ2) is 5.61. The molecule has 0 spiro atoms. The molecule has 4 heteroatoms. The Morgan fingerprint density at radius 1 is 1.10 bits per heavy atom. The van der Waals surface area contributed by atoms with Crippen molar-refractivity contribution in [1.82, 2.24) is 3.96 Å². The van der Waals surface area contributed by atoms with Crippen molar-refractivity contribution in [2.45, 2.75) is 12.8 Å². The molecule has 1 N–H and O–H groups in total. The van der Waals surface area contributed by atoms with Crippen molar-refractivity contribution in [3.05, 3.63) is 64.4 Å². The van der Waals surface area contributed by atoms with Crippen LogP contribution < -0.4 is 5.56 Å². The highest BCUT2D eigenvalue weighted by Crippen LogP contribution is 2.20. The fourth-order valence-electron chi connectivity index (χ4n) is 2.26. The molecule has 0 bridgehead atoms. The molecule has 3 rings (SSSR count). The molecule has 0 radical (unpaired) electrons. The number of hydrogen-bond acceptors (Lipinski definition) is 3. The third-order valence-corrected chi connectivity index (χ3v) is 4.37. The minimum atomic E-state index is 0.0323. The zero-order chi connectivity index (χ0) is 13.9. The maximum absolute atomic E-state index is 12.4. The molecule has 0 aliphatic rings. The number of rotatable bonds is 4. The summed E-state index contributed by atoms with van der Waals surface area (Å²) in [5.74, 6) is 0. The summed E-state index contributed by atoms with van der Waals surface area (Å²) in [7, 11) is 0. The molecule has 0 fully saturated rings. The monoisotopic (exact) mass is 285 g/mol. The van der Waals surface area contributed by atoms with Gasteiger partial charge in [0.25, 0.3) is 5.56 Å². The number of aliphatic hydroxyl groups is 1. The Bertz CT molecular complexity index is 788. The van der Waals surface area contributed by atoms with E-state index >= 15 is 0 Å². The lowest BCUT2D eigenvalue weighted by molar-refractivity contribution is 0.288. The first-order valence-corrected chi connectivity index (χ1v) is 7.38. The Kier molecular flexibility index (Phi) is 3.67. The third-order valence-electron chi connectivity index (χ3n) is 3.26. The highest BCUT2D eigenvalue weighted by atomic mass is 32.1. The Hall–Kier alpha value is -1.91. The summed E-state index contributed by atoms with van der Waals surface area (Å²) < 4.78 is 2.73. The molecule has 1 heterocycles. The van der Waals surface area contributed by atoms with Gasteiger partial charge in [-0.1, -0.05) is 35.8 Å². The van der Waals surface area contributed by atoms with Gasteiger partial charge in [0.05, 0.1) is 15.8 Å². The number of nitrogens with zero attached hydrogens (tertiary/aromatic N) is 1. The summed E-state index contributed by atoms with van der Waals surface area (Å²) in [5, 5.41) is 9.66. The quantitative estimate of drug-likeness (QED) is 0.800. The molecular weight excluding hydrogens is 270 g/mol. The zero-order valence-electron chi connectivity index (χ0n) is 11.0. The standard InChI is InChI=1S/C16H15NO2S/c18-10-4-6-12-5-3-7-13(11-12)17-16(19)14-8-1-2-9-15(14)20-17/h1-3,5,7-9,11,18H,4,6,10H2. The van der Waals surface area contributed by atoms with Gasteiger partial charge in [0, 0.05) is 6.61 Å². The van der Waals surface area contributed by atoms with Crippen LogP contribution in [0.4, 0.5) is 0 Å². The molecule has 3 aromatic rings. The number of aryl methyl sites for hydroxylation is 1. The third kappa shape index (κ3) is 2.40. The summed E-state index contributed by atoms with van der Waals surface area (Å²) in [5.41, 5.74) is 2.07. The minimum absolute atomic E-state index is 0.0323. The van der Waals surface area contributed by atoms with Crippen LogP contribution in [0.2, 0.25) is 0 Å². The highest BCUT2D eigenvalue weighted by molar-refractivity contribution is 7.14. The number of hydrogen-bond donors (Lipinski definition) is 1. The van der Waals surface area contributed by atoms with Crippen LogP contribution in [0.25, 0.3) is 15.8 Å². The Labute approximate surface area is 120 Å². The largest absolute Gasteiger partial charge is 0.396 e. The van der Waals surface area contributed by atoms with Crippen LogP contribution in [0.1, 0.15) is 12.0 Å². The van der Waals surface area contributed by atoms with Gasteiger partial charge in [-0.3, -0.25) is 4.79 Å². The second-order valence-electron chi connectivity index (χ2n) is 4.68. The molecule has 3 nitrogen and oxygen atoms in total. The Balaban J connectivity index is 2.06. The Morgan fingerprint density at radius 2 is 1.95 bits per heavy atom. The van der Waals surface area contributed by atoms with E-state index in [9.17, 15) is 4.79 Å². The normalized spacial score (nSPS) is 11.1. The first-order chi connectivity index (χ1) is 9.79. The van der Waals surface area contributed by atoms with Gasteiger partial charge in [-0.15, -0.1) is 0 Å². The summed E-state index contributed by atoms with van der Waals surface area (Å²) >= 11 is 1.46. The maximum Gasteiger partial charge on any atom is 0.273 e. The van der Waals surface area contributed by atoms with E-state index in [0.717, 1.165) is 34.2 Å². The van der Waals surface area contributed by atoms with Crippen LogP contribution in [0.5, 0.6) is 0 Å².